The molecule has 2 rings (SSSR count). The largest absolute Gasteiger partial charge is 0.444 e. The molecule has 0 aliphatic heterocycles. The second kappa shape index (κ2) is 7.90. The smallest absolute Gasteiger partial charge is 0.410 e. The number of H-pyrrole nitrogens is 1. The van der Waals surface area contributed by atoms with E-state index in [-0.39, 0.29) is 6.09 Å². The van der Waals surface area contributed by atoms with Crippen molar-refractivity contribution in [2.75, 3.05) is 20.1 Å². The molecular formula is C18H26ClN3O2. The van der Waals surface area contributed by atoms with Crippen molar-refractivity contribution in [1.29, 1.82) is 0 Å². The van der Waals surface area contributed by atoms with E-state index in [1.54, 1.807) is 11.9 Å². The third-order valence-electron chi connectivity index (χ3n) is 3.57. The quantitative estimate of drug-likeness (QED) is 0.768. The number of aromatic nitrogens is 1. The first-order valence-corrected chi connectivity index (χ1v) is 8.55. The van der Waals surface area contributed by atoms with Crippen LogP contribution in [0.4, 0.5) is 4.79 Å². The van der Waals surface area contributed by atoms with Gasteiger partial charge in [-0.1, -0.05) is 29.8 Å². The van der Waals surface area contributed by atoms with Gasteiger partial charge in [0.05, 0.1) is 5.02 Å². The average Bonchev–Trinajstić information content (AvgIpc) is 2.82. The van der Waals surface area contributed by atoms with Crippen molar-refractivity contribution in [3.63, 3.8) is 0 Å². The number of fused-ring (bicyclic) bond motifs is 1. The summed E-state index contributed by atoms with van der Waals surface area (Å²) in [5.74, 6) is 0. The molecule has 1 amide bonds. The van der Waals surface area contributed by atoms with Crippen molar-refractivity contribution in [2.45, 2.75) is 39.3 Å². The van der Waals surface area contributed by atoms with Crippen molar-refractivity contribution >= 4 is 28.6 Å². The molecule has 0 atom stereocenters. The zero-order chi connectivity index (χ0) is 17.7. The normalized spacial score (nSPS) is 11.7. The Kier molecular flexibility index (Phi) is 6.13. The van der Waals surface area contributed by atoms with Gasteiger partial charge in [-0.05, 0) is 39.8 Å². The lowest BCUT2D eigenvalue weighted by molar-refractivity contribution is 0.0297. The molecule has 2 aromatic rings. The fourth-order valence-electron chi connectivity index (χ4n) is 2.37. The summed E-state index contributed by atoms with van der Waals surface area (Å²) in [7, 11) is 1.75. The minimum atomic E-state index is -0.462. The molecule has 1 aromatic heterocycles. The summed E-state index contributed by atoms with van der Waals surface area (Å²) < 4.78 is 5.32. The number of nitrogens with zero attached hydrogens (tertiary/aromatic N) is 1. The summed E-state index contributed by atoms with van der Waals surface area (Å²) in [6.07, 6.45) is 0.550. The molecule has 0 aliphatic carbocycles. The molecule has 2 N–H and O–H groups in total. The van der Waals surface area contributed by atoms with Crippen LogP contribution in [-0.4, -0.2) is 41.7 Å². The van der Waals surface area contributed by atoms with Gasteiger partial charge in [0.25, 0.3) is 0 Å². The van der Waals surface area contributed by atoms with E-state index in [4.69, 9.17) is 16.3 Å². The van der Waals surface area contributed by atoms with Gasteiger partial charge in [0.1, 0.15) is 5.60 Å². The topological polar surface area (TPSA) is 57.4 Å². The van der Waals surface area contributed by atoms with Crippen LogP contribution in [0.1, 0.15) is 32.9 Å². The monoisotopic (exact) mass is 351 g/mol. The van der Waals surface area contributed by atoms with E-state index in [1.165, 1.54) is 0 Å². The van der Waals surface area contributed by atoms with Gasteiger partial charge in [0.15, 0.2) is 0 Å². The number of ether oxygens (including phenoxy) is 1. The third kappa shape index (κ3) is 5.14. The van der Waals surface area contributed by atoms with Crippen molar-refractivity contribution in [3.05, 3.63) is 35.0 Å². The Bertz CT molecular complexity index is 691. The SMILES string of the molecule is CN(CCCNCc1[nH]c2ccccc2c1Cl)C(=O)OC(C)(C)C. The van der Waals surface area contributed by atoms with Crippen molar-refractivity contribution in [3.8, 4) is 0 Å². The first-order valence-electron chi connectivity index (χ1n) is 8.18. The number of carbonyl (C=O) groups is 1. The molecule has 24 heavy (non-hydrogen) atoms. The third-order valence-corrected chi connectivity index (χ3v) is 4.00. The summed E-state index contributed by atoms with van der Waals surface area (Å²) in [4.78, 5) is 16.8. The maximum absolute atomic E-state index is 11.8. The van der Waals surface area contributed by atoms with Crippen LogP contribution in [0.2, 0.25) is 5.02 Å². The molecule has 0 saturated carbocycles. The van der Waals surface area contributed by atoms with Crippen LogP contribution in [0.25, 0.3) is 10.9 Å². The van der Waals surface area contributed by atoms with E-state index in [0.717, 1.165) is 34.6 Å². The first-order chi connectivity index (χ1) is 11.3. The van der Waals surface area contributed by atoms with Gasteiger partial charge in [-0.3, -0.25) is 0 Å². The van der Waals surface area contributed by atoms with E-state index in [1.807, 2.05) is 45.0 Å². The molecule has 1 heterocycles. The number of aromatic amines is 1. The van der Waals surface area contributed by atoms with E-state index in [2.05, 4.69) is 10.3 Å². The lowest BCUT2D eigenvalue weighted by Gasteiger charge is -2.24. The Morgan fingerprint density at radius 1 is 1.33 bits per heavy atom. The number of nitrogens with one attached hydrogen (secondary N) is 2. The lowest BCUT2D eigenvalue weighted by atomic mass is 10.2. The van der Waals surface area contributed by atoms with E-state index in [0.29, 0.717) is 13.1 Å². The van der Waals surface area contributed by atoms with Crippen LogP contribution in [-0.2, 0) is 11.3 Å². The Balaban J connectivity index is 1.73. The fourth-order valence-corrected chi connectivity index (χ4v) is 2.65. The Morgan fingerprint density at radius 2 is 2.04 bits per heavy atom. The zero-order valence-electron chi connectivity index (χ0n) is 14.8. The highest BCUT2D eigenvalue weighted by atomic mass is 35.5. The summed E-state index contributed by atoms with van der Waals surface area (Å²) in [6.45, 7) is 7.70. The molecule has 0 aliphatic rings. The Labute approximate surface area is 148 Å². The van der Waals surface area contributed by atoms with Gasteiger partial charge in [0, 0.05) is 36.7 Å². The van der Waals surface area contributed by atoms with Gasteiger partial charge in [-0.25, -0.2) is 4.79 Å². The predicted octanol–water partition coefficient (Wildman–Crippen LogP) is 4.17. The molecule has 1 aromatic carbocycles. The lowest BCUT2D eigenvalue weighted by Crippen LogP contribution is -2.35. The standard InChI is InChI=1S/C18H26ClN3O2/c1-18(2,3)24-17(23)22(4)11-7-10-20-12-15-16(19)13-8-5-6-9-14(13)21-15/h5-6,8-9,20-21H,7,10-12H2,1-4H3. The molecule has 0 spiro atoms. The minimum absolute atomic E-state index is 0.291. The molecule has 132 valence electrons. The predicted molar refractivity (Wildman–Crippen MR) is 98.5 cm³/mol. The van der Waals surface area contributed by atoms with Gasteiger partial charge >= 0.3 is 6.09 Å². The van der Waals surface area contributed by atoms with E-state index in [9.17, 15) is 4.79 Å². The van der Waals surface area contributed by atoms with Crippen LogP contribution in [0.15, 0.2) is 24.3 Å². The van der Waals surface area contributed by atoms with Crippen LogP contribution in [0, 0.1) is 0 Å². The number of hydrogen-bond acceptors (Lipinski definition) is 3. The number of rotatable bonds is 6. The second-order valence-corrected chi connectivity index (χ2v) is 7.27. The Hall–Kier alpha value is -1.72. The second-order valence-electron chi connectivity index (χ2n) is 6.90. The maximum atomic E-state index is 11.8. The molecule has 0 radical (unpaired) electrons. The van der Waals surface area contributed by atoms with Crippen LogP contribution in [0.5, 0.6) is 0 Å². The van der Waals surface area contributed by atoms with Crippen molar-refractivity contribution in [2.24, 2.45) is 0 Å². The number of carbonyl (C=O) groups excluding carboxylic acids is 1. The summed E-state index contributed by atoms with van der Waals surface area (Å²) >= 11 is 6.38. The summed E-state index contributed by atoms with van der Waals surface area (Å²) in [5.41, 5.74) is 1.57. The van der Waals surface area contributed by atoms with E-state index < -0.39 is 5.60 Å². The number of amides is 1. The van der Waals surface area contributed by atoms with Crippen LogP contribution in [0.3, 0.4) is 0 Å². The molecule has 6 heteroatoms. The highest BCUT2D eigenvalue weighted by molar-refractivity contribution is 6.36. The molecule has 5 nitrogen and oxygen atoms in total. The van der Waals surface area contributed by atoms with Gasteiger partial charge < -0.3 is 19.9 Å². The van der Waals surface area contributed by atoms with Gasteiger partial charge in [0.2, 0.25) is 0 Å². The summed E-state index contributed by atoms with van der Waals surface area (Å²) in [5, 5.41) is 5.16. The van der Waals surface area contributed by atoms with Crippen molar-refractivity contribution in [1.82, 2.24) is 15.2 Å². The van der Waals surface area contributed by atoms with Crippen LogP contribution < -0.4 is 5.32 Å². The highest BCUT2D eigenvalue weighted by Gasteiger charge is 2.19. The molecule has 0 unspecified atom stereocenters. The number of hydrogen-bond donors (Lipinski definition) is 2. The Morgan fingerprint density at radius 3 is 2.71 bits per heavy atom. The maximum Gasteiger partial charge on any atom is 0.410 e. The average molecular weight is 352 g/mol. The zero-order valence-corrected chi connectivity index (χ0v) is 15.5. The van der Waals surface area contributed by atoms with Gasteiger partial charge in [-0.15, -0.1) is 0 Å². The minimum Gasteiger partial charge on any atom is -0.444 e. The number of halogens is 1. The summed E-state index contributed by atoms with van der Waals surface area (Å²) in [6, 6.07) is 7.98. The van der Waals surface area contributed by atoms with E-state index >= 15 is 0 Å². The molecule has 0 fully saturated rings. The fraction of sp³-hybridized carbons (Fsp3) is 0.500. The molecule has 0 bridgehead atoms. The van der Waals surface area contributed by atoms with Gasteiger partial charge in [-0.2, -0.15) is 0 Å². The molecule has 0 saturated heterocycles. The molecular weight excluding hydrogens is 326 g/mol. The highest BCUT2D eigenvalue weighted by Crippen LogP contribution is 2.26. The number of para-hydroxylation sites is 1. The number of benzene rings is 1. The van der Waals surface area contributed by atoms with Crippen molar-refractivity contribution < 1.29 is 9.53 Å². The van der Waals surface area contributed by atoms with Crippen LogP contribution >= 0.6 is 11.6 Å². The first kappa shape index (κ1) is 18.6.